The van der Waals surface area contributed by atoms with E-state index in [0.717, 1.165) is 17.9 Å². The van der Waals surface area contributed by atoms with Gasteiger partial charge in [-0.05, 0) is 44.5 Å². The Morgan fingerprint density at radius 2 is 1.73 bits per heavy atom. The summed E-state index contributed by atoms with van der Waals surface area (Å²) in [5.74, 6) is 0. The summed E-state index contributed by atoms with van der Waals surface area (Å²) in [4.78, 5) is 16.0. The molecule has 0 aromatic heterocycles. The molecule has 0 atom stereocenters. The van der Waals surface area contributed by atoms with Crippen LogP contribution < -0.4 is 10.6 Å². The molecular weight excluding hydrogens is 326 g/mol. The van der Waals surface area contributed by atoms with Crippen molar-refractivity contribution in [3.8, 4) is 0 Å². The van der Waals surface area contributed by atoms with Crippen molar-refractivity contribution in [3.05, 3.63) is 60.2 Å². The number of hydrogen-bond donors (Lipinski definition) is 1. The number of nitrogens with two attached hydrogens (primary N) is 1. The van der Waals surface area contributed by atoms with Gasteiger partial charge >= 0.3 is 6.09 Å². The lowest BCUT2D eigenvalue weighted by Crippen LogP contribution is -2.39. The first-order chi connectivity index (χ1) is 12.2. The highest BCUT2D eigenvalue weighted by molar-refractivity contribution is 5.67. The van der Waals surface area contributed by atoms with Crippen molar-refractivity contribution in [1.29, 1.82) is 0 Å². The average Bonchev–Trinajstić information content (AvgIpc) is 2.57. The van der Waals surface area contributed by atoms with Crippen molar-refractivity contribution in [2.45, 2.75) is 32.9 Å². The minimum atomic E-state index is -0.497. The van der Waals surface area contributed by atoms with E-state index in [4.69, 9.17) is 10.5 Å². The van der Waals surface area contributed by atoms with E-state index in [2.05, 4.69) is 17.0 Å². The molecule has 2 aromatic carbocycles. The van der Waals surface area contributed by atoms with Crippen LogP contribution in [0.3, 0.4) is 0 Å². The van der Waals surface area contributed by atoms with Crippen molar-refractivity contribution < 1.29 is 9.53 Å². The van der Waals surface area contributed by atoms with Gasteiger partial charge in [-0.2, -0.15) is 0 Å². The van der Waals surface area contributed by atoms with Crippen molar-refractivity contribution in [1.82, 2.24) is 4.90 Å². The first-order valence-corrected chi connectivity index (χ1v) is 8.83. The van der Waals surface area contributed by atoms with Crippen LogP contribution in [0.1, 0.15) is 26.3 Å². The Morgan fingerprint density at radius 1 is 1.04 bits per heavy atom. The normalized spacial score (nSPS) is 11.1. The van der Waals surface area contributed by atoms with Crippen LogP contribution in [0.2, 0.25) is 0 Å². The van der Waals surface area contributed by atoms with Gasteiger partial charge < -0.3 is 20.3 Å². The fourth-order valence-corrected chi connectivity index (χ4v) is 2.53. The first-order valence-electron chi connectivity index (χ1n) is 8.83. The van der Waals surface area contributed by atoms with E-state index in [-0.39, 0.29) is 6.09 Å². The molecule has 0 aliphatic heterocycles. The summed E-state index contributed by atoms with van der Waals surface area (Å²) >= 11 is 0. The molecule has 0 unspecified atom stereocenters. The Bertz CT molecular complexity index is 711. The summed E-state index contributed by atoms with van der Waals surface area (Å²) in [7, 11) is 1.76. The van der Waals surface area contributed by atoms with E-state index in [0.29, 0.717) is 13.1 Å². The molecule has 5 heteroatoms. The largest absolute Gasteiger partial charge is 0.444 e. The van der Waals surface area contributed by atoms with Crippen molar-refractivity contribution in [3.63, 3.8) is 0 Å². The second-order valence-corrected chi connectivity index (χ2v) is 7.40. The topological polar surface area (TPSA) is 58.8 Å². The zero-order valence-corrected chi connectivity index (χ0v) is 16.1. The van der Waals surface area contributed by atoms with Crippen LogP contribution in [-0.4, -0.2) is 36.7 Å². The molecule has 140 valence electrons. The van der Waals surface area contributed by atoms with E-state index in [9.17, 15) is 4.79 Å². The number of likely N-dealkylation sites (N-methyl/N-ethyl adjacent to an activating group) is 1. The summed E-state index contributed by atoms with van der Waals surface area (Å²) in [6.45, 7) is 7.57. The molecule has 0 fully saturated rings. The summed E-state index contributed by atoms with van der Waals surface area (Å²) < 4.78 is 5.42. The molecule has 0 spiro atoms. The zero-order chi connectivity index (χ0) is 19.2. The molecule has 5 nitrogen and oxygen atoms in total. The number of nitrogens with zero attached hydrogens (tertiary/aromatic N) is 2. The van der Waals surface area contributed by atoms with Crippen LogP contribution in [0.15, 0.2) is 54.6 Å². The summed E-state index contributed by atoms with van der Waals surface area (Å²) in [5.41, 5.74) is 8.42. The average molecular weight is 355 g/mol. The van der Waals surface area contributed by atoms with Gasteiger partial charge in [0.25, 0.3) is 0 Å². The van der Waals surface area contributed by atoms with Gasteiger partial charge in [-0.25, -0.2) is 4.79 Å². The van der Waals surface area contributed by atoms with Crippen LogP contribution in [0, 0.1) is 0 Å². The van der Waals surface area contributed by atoms with Crippen LogP contribution in [0.25, 0.3) is 0 Å². The number of anilines is 2. The Balaban J connectivity index is 2.08. The minimum absolute atomic E-state index is 0.315. The quantitative estimate of drug-likeness (QED) is 0.791. The second-order valence-electron chi connectivity index (χ2n) is 7.40. The highest BCUT2D eigenvalue weighted by Crippen LogP contribution is 2.20. The van der Waals surface area contributed by atoms with Crippen molar-refractivity contribution in [2.75, 3.05) is 30.8 Å². The number of amides is 1. The summed E-state index contributed by atoms with van der Waals surface area (Å²) in [6.07, 6.45) is -0.315. The number of hydrogen-bond acceptors (Lipinski definition) is 4. The predicted octanol–water partition coefficient (Wildman–Crippen LogP) is 4.14. The fraction of sp³-hybridized carbons (Fsp3) is 0.381. The smallest absolute Gasteiger partial charge is 0.410 e. The lowest BCUT2D eigenvalue weighted by atomic mass is 10.2. The van der Waals surface area contributed by atoms with Crippen molar-refractivity contribution in [2.24, 2.45) is 0 Å². The van der Waals surface area contributed by atoms with Crippen LogP contribution >= 0.6 is 0 Å². The standard InChI is InChI=1S/C21H29N3O2/c1-21(2,3)26-20(25)23(4)13-14-24(16-17-9-6-5-7-10-17)19-12-8-11-18(22)15-19/h5-12,15H,13-14,16,22H2,1-4H3. The molecule has 0 aliphatic rings. The highest BCUT2D eigenvalue weighted by Gasteiger charge is 2.20. The maximum absolute atomic E-state index is 12.2. The van der Waals surface area contributed by atoms with E-state index < -0.39 is 5.60 Å². The molecule has 1 amide bonds. The maximum atomic E-state index is 12.2. The fourth-order valence-electron chi connectivity index (χ4n) is 2.53. The van der Waals surface area contributed by atoms with Crippen LogP contribution in [0.4, 0.5) is 16.2 Å². The Hall–Kier alpha value is -2.69. The molecule has 2 N–H and O–H groups in total. The van der Waals surface area contributed by atoms with Crippen molar-refractivity contribution >= 4 is 17.5 Å². The molecule has 0 aliphatic carbocycles. The van der Waals surface area contributed by atoms with Crippen LogP contribution in [0.5, 0.6) is 0 Å². The van der Waals surface area contributed by atoms with Gasteiger partial charge in [0.1, 0.15) is 5.60 Å². The molecule has 2 rings (SSSR count). The van der Waals surface area contributed by atoms with Gasteiger partial charge in [-0.3, -0.25) is 0 Å². The number of carbonyl (C=O) groups excluding carboxylic acids is 1. The maximum Gasteiger partial charge on any atom is 0.410 e. The van der Waals surface area contributed by atoms with Gasteiger partial charge in [0.15, 0.2) is 0 Å². The SMILES string of the molecule is CN(CCN(Cc1ccccc1)c1cccc(N)c1)C(=O)OC(C)(C)C. The van der Waals surface area contributed by atoms with Gasteiger partial charge in [0.2, 0.25) is 0 Å². The Morgan fingerprint density at radius 3 is 2.35 bits per heavy atom. The molecule has 0 bridgehead atoms. The summed E-state index contributed by atoms with van der Waals surface area (Å²) in [5, 5.41) is 0. The zero-order valence-electron chi connectivity index (χ0n) is 16.1. The Kier molecular flexibility index (Phi) is 6.50. The van der Waals surface area contributed by atoms with Crippen LogP contribution in [-0.2, 0) is 11.3 Å². The highest BCUT2D eigenvalue weighted by atomic mass is 16.6. The van der Waals surface area contributed by atoms with Gasteiger partial charge in [-0.1, -0.05) is 36.4 Å². The third kappa shape index (κ3) is 6.31. The first kappa shape index (κ1) is 19.6. The van der Waals surface area contributed by atoms with Gasteiger partial charge in [0, 0.05) is 38.1 Å². The molecule has 0 saturated heterocycles. The van der Waals surface area contributed by atoms with Gasteiger partial charge in [-0.15, -0.1) is 0 Å². The number of rotatable bonds is 6. The molecular formula is C21H29N3O2. The number of nitrogen functional groups attached to an aromatic ring is 1. The molecule has 0 heterocycles. The van der Waals surface area contributed by atoms with E-state index >= 15 is 0 Å². The Labute approximate surface area is 156 Å². The number of ether oxygens (including phenoxy) is 1. The number of carbonyl (C=O) groups is 1. The molecule has 2 aromatic rings. The lowest BCUT2D eigenvalue weighted by molar-refractivity contribution is 0.0303. The molecule has 0 radical (unpaired) electrons. The molecule has 26 heavy (non-hydrogen) atoms. The van der Waals surface area contributed by atoms with Gasteiger partial charge in [0.05, 0.1) is 0 Å². The third-order valence-electron chi connectivity index (χ3n) is 3.86. The van der Waals surface area contributed by atoms with E-state index in [1.807, 2.05) is 63.2 Å². The van der Waals surface area contributed by atoms with E-state index in [1.165, 1.54) is 5.56 Å². The monoisotopic (exact) mass is 355 g/mol. The van der Waals surface area contributed by atoms with E-state index in [1.54, 1.807) is 11.9 Å². The molecule has 0 saturated carbocycles. The predicted molar refractivity (Wildman–Crippen MR) is 107 cm³/mol. The second kappa shape index (κ2) is 8.61. The third-order valence-corrected chi connectivity index (χ3v) is 3.86. The summed E-state index contributed by atoms with van der Waals surface area (Å²) in [6, 6.07) is 18.1. The minimum Gasteiger partial charge on any atom is -0.444 e. The lowest BCUT2D eigenvalue weighted by Gasteiger charge is -2.29. The number of benzene rings is 2.